The molecule has 0 unspecified atom stereocenters. The Morgan fingerprint density at radius 3 is 2.50 bits per heavy atom. The third-order valence-electron chi connectivity index (χ3n) is 1.98. The SMILES string of the molecule is CCC(CC)OC(=O)C/C=C/CNC. The van der Waals surface area contributed by atoms with Crippen molar-refractivity contribution in [2.24, 2.45) is 0 Å². The molecule has 0 saturated heterocycles. The molecule has 0 atom stereocenters. The average molecular weight is 199 g/mol. The number of ether oxygens (including phenoxy) is 1. The summed E-state index contributed by atoms with van der Waals surface area (Å²) in [6.07, 6.45) is 6.00. The largest absolute Gasteiger partial charge is 0.462 e. The number of carbonyl (C=O) groups is 1. The monoisotopic (exact) mass is 199 g/mol. The van der Waals surface area contributed by atoms with E-state index in [1.807, 2.05) is 33.0 Å². The molecule has 0 aliphatic carbocycles. The molecule has 0 aromatic carbocycles. The first-order valence-electron chi connectivity index (χ1n) is 5.23. The summed E-state index contributed by atoms with van der Waals surface area (Å²) < 4.78 is 5.22. The molecule has 0 saturated carbocycles. The first kappa shape index (κ1) is 13.2. The van der Waals surface area contributed by atoms with E-state index in [1.54, 1.807) is 0 Å². The van der Waals surface area contributed by atoms with Crippen molar-refractivity contribution in [1.29, 1.82) is 0 Å². The lowest BCUT2D eigenvalue weighted by molar-refractivity contribution is -0.148. The second-order valence-corrected chi connectivity index (χ2v) is 3.16. The Morgan fingerprint density at radius 2 is 2.00 bits per heavy atom. The average Bonchev–Trinajstić information content (AvgIpc) is 2.21. The highest BCUT2D eigenvalue weighted by Gasteiger charge is 2.08. The van der Waals surface area contributed by atoms with Gasteiger partial charge in [-0.05, 0) is 19.9 Å². The van der Waals surface area contributed by atoms with Crippen LogP contribution < -0.4 is 5.32 Å². The van der Waals surface area contributed by atoms with Gasteiger partial charge in [0.1, 0.15) is 6.10 Å². The molecule has 0 aliphatic rings. The fourth-order valence-electron chi connectivity index (χ4n) is 1.07. The van der Waals surface area contributed by atoms with Crippen LogP contribution in [0.2, 0.25) is 0 Å². The van der Waals surface area contributed by atoms with Crippen molar-refractivity contribution < 1.29 is 9.53 Å². The first-order chi connectivity index (χ1) is 6.74. The van der Waals surface area contributed by atoms with Crippen molar-refractivity contribution in [1.82, 2.24) is 5.32 Å². The fraction of sp³-hybridized carbons (Fsp3) is 0.727. The van der Waals surface area contributed by atoms with Gasteiger partial charge in [0.05, 0.1) is 6.42 Å². The van der Waals surface area contributed by atoms with Gasteiger partial charge in [0.25, 0.3) is 0 Å². The van der Waals surface area contributed by atoms with Crippen LogP contribution in [0.3, 0.4) is 0 Å². The van der Waals surface area contributed by atoms with E-state index in [9.17, 15) is 4.79 Å². The fourth-order valence-corrected chi connectivity index (χ4v) is 1.07. The molecule has 3 nitrogen and oxygen atoms in total. The summed E-state index contributed by atoms with van der Waals surface area (Å²) in [6, 6.07) is 0. The Morgan fingerprint density at radius 1 is 1.36 bits per heavy atom. The number of hydrogen-bond donors (Lipinski definition) is 1. The van der Waals surface area contributed by atoms with Crippen LogP contribution in [0.25, 0.3) is 0 Å². The number of likely N-dealkylation sites (N-methyl/N-ethyl adjacent to an activating group) is 1. The zero-order chi connectivity index (χ0) is 10.8. The van der Waals surface area contributed by atoms with E-state index in [0.29, 0.717) is 6.42 Å². The standard InChI is InChI=1S/C11H21NO2/c1-4-10(5-2)14-11(13)8-6-7-9-12-3/h6-7,10,12H,4-5,8-9H2,1-3H3/b7-6+. The maximum atomic E-state index is 11.2. The summed E-state index contributed by atoms with van der Waals surface area (Å²) in [5.74, 6) is -0.133. The normalized spacial score (nSPS) is 11.1. The van der Waals surface area contributed by atoms with Crippen LogP contribution in [0.5, 0.6) is 0 Å². The maximum absolute atomic E-state index is 11.2. The van der Waals surface area contributed by atoms with Gasteiger partial charge >= 0.3 is 5.97 Å². The van der Waals surface area contributed by atoms with Crippen LogP contribution in [-0.2, 0) is 9.53 Å². The minimum atomic E-state index is -0.133. The van der Waals surface area contributed by atoms with Crippen molar-refractivity contribution in [2.75, 3.05) is 13.6 Å². The van der Waals surface area contributed by atoms with E-state index in [0.717, 1.165) is 19.4 Å². The van der Waals surface area contributed by atoms with Gasteiger partial charge in [-0.25, -0.2) is 0 Å². The molecule has 0 spiro atoms. The van der Waals surface area contributed by atoms with E-state index in [2.05, 4.69) is 5.32 Å². The van der Waals surface area contributed by atoms with Gasteiger partial charge < -0.3 is 10.1 Å². The van der Waals surface area contributed by atoms with Gasteiger partial charge in [0.2, 0.25) is 0 Å². The molecule has 0 aromatic heterocycles. The van der Waals surface area contributed by atoms with Crippen molar-refractivity contribution in [2.45, 2.75) is 39.2 Å². The summed E-state index contributed by atoms with van der Waals surface area (Å²) in [6.45, 7) is 4.84. The first-order valence-corrected chi connectivity index (χ1v) is 5.23. The van der Waals surface area contributed by atoms with E-state index < -0.39 is 0 Å². The quantitative estimate of drug-likeness (QED) is 0.502. The minimum Gasteiger partial charge on any atom is -0.462 e. The number of esters is 1. The zero-order valence-electron chi connectivity index (χ0n) is 9.38. The lowest BCUT2D eigenvalue weighted by Gasteiger charge is -2.12. The zero-order valence-corrected chi connectivity index (χ0v) is 9.38. The number of hydrogen-bond acceptors (Lipinski definition) is 3. The molecule has 14 heavy (non-hydrogen) atoms. The van der Waals surface area contributed by atoms with Crippen LogP contribution in [0, 0.1) is 0 Å². The van der Waals surface area contributed by atoms with Gasteiger partial charge in [-0.2, -0.15) is 0 Å². The third kappa shape index (κ3) is 6.66. The molecular weight excluding hydrogens is 178 g/mol. The molecule has 0 amide bonds. The predicted molar refractivity (Wildman–Crippen MR) is 58.1 cm³/mol. The van der Waals surface area contributed by atoms with Crippen LogP contribution in [0.15, 0.2) is 12.2 Å². The number of carbonyl (C=O) groups excluding carboxylic acids is 1. The van der Waals surface area contributed by atoms with Crippen LogP contribution in [-0.4, -0.2) is 25.7 Å². The Hall–Kier alpha value is -0.830. The Balaban J connectivity index is 3.63. The molecular formula is C11H21NO2. The van der Waals surface area contributed by atoms with E-state index >= 15 is 0 Å². The van der Waals surface area contributed by atoms with E-state index in [1.165, 1.54) is 0 Å². The van der Waals surface area contributed by atoms with Crippen molar-refractivity contribution in [3.63, 3.8) is 0 Å². The van der Waals surface area contributed by atoms with Crippen LogP contribution in [0.1, 0.15) is 33.1 Å². The summed E-state index contributed by atoms with van der Waals surface area (Å²) >= 11 is 0. The highest BCUT2D eigenvalue weighted by molar-refractivity contribution is 5.71. The molecule has 82 valence electrons. The topological polar surface area (TPSA) is 38.3 Å². The van der Waals surface area contributed by atoms with Crippen LogP contribution >= 0.6 is 0 Å². The van der Waals surface area contributed by atoms with E-state index in [-0.39, 0.29) is 12.1 Å². The lowest BCUT2D eigenvalue weighted by atomic mass is 10.2. The highest BCUT2D eigenvalue weighted by Crippen LogP contribution is 2.04. The van der Waals surface area contributed by atoms with E-state index in [4.69, 9.17) is 4.74 Å². The molecule has 0 bridgehead atoms. The molecule has 0 fully saturated rings. The van der Waals surface area contributed by atoms with Crippen LogP contribution in [0.4, 0.5) is 0 Å². The minimum absolute atomic E-state index is 0.0835. The molecule has 0 radical (unpaired) electrons. The number of rotatable bonds is 7. The van der Waals surface area contributed by atoms with Crippen molar-refractivity contribution in [3.8, 4) is 0 Å². The lowest BCUT2D eigenvalue weighted by Crippen LogP contribution is -2.15. The maximum Gasteiger partial charge on any atom is 0.309 e. The van der Waals surface area contributed by atoms with Gasteiger partial charge in [-0.3, -0.25) is 4.79 Å². The molecule has 0 rings (SSSR count). The Bertz CT molecular complexity index is 174. The van der Waals surface area contributed by atoms with Crippen molar-refractivity contribution >= 4 is 5.97 Å². The predicted octanol–water partition coefficient (Wildman–Crippen LogP) is 1.88. The van der Waals surface area contributed by atoms with Gasteiger partial charge in [0, 0.05) is 6.54 Å². The molecule has 1 N–H and O–H groups in total. The molecule has 0 aromatic rings. The van der Waals surface area contributed by atoms with Gasteiger partial charge in [-0.15, -0.1) is 0 Å². The summed E-state index contributed by atoms with van der Waals surface area (Å²) in [5, 5.41) is 2.97. The third-order valence-corrected chi connectivity index (χ3v) is 1.98. The van der Waals surface area contributed by atoms with Gasteiger partial charge in [0.15, 0.2) is 0 Å². The number of nitrogens with one attached hydrogen (secondary N) is 1. The molecule has 3 heteroatoms. The second-order valence-electron chi connectivity index (χ2n) is 3.16. The smallest absolute Gasteiger partial charge is 0.309 e. The Labute approximate surface area is 86.5 Å². The summed E-state index contributed by atoms with van der Waals surface area (Å²) in [7, 11) is 1.87. The Kier molecular flexibility index (Phi) is 8.24. The summed E-state index contributed by atoms with van der Waals surface area (Å²) in [5.41, 5.74) is 0. The van der Waals surface area contributed by atoms with Gasteiger partial charge in [-0.1, -0.05) is 26.0 Å². The van der Waals surface area contributed by atoms with Crippen molar-refractivity contribution in [3.05, 3.63) is 12.2 Å². The highest BCUT2D eigenvalue weighted by atomic mass is 16.5. The molecule has 0 aliphatic heterocycles. The second kappa shape index (κ2) is 8.75. The summed E-state index contributed by atoms with van der Waals surface area (Å²) in [4.78, 5) is 11.2. The molecule has 0 heterocycles.